The predicted molar refractivity (Wildman–Crippen MR) is 103 cm³/mol. The first-order valence-corrected chi connectivity index (χ1v) is 8.83. The van der Waals surface area contributed by atoms with Crippen molar-refractivity contribution >= 4 is 50.7 Å². The van der Waals surface area contributed by atoms with Gasteiger partial charge in [0, 0.05) is 10.7 Å². The van der Waals surface area contributed by atoms with E-state index in [4.69, 9.17) is 27.9 Å². The molecule has 0 radical (unpaired) electrons. The molecule has 0 aliphatic carbocycles. The van der Waals surface area contributed by atoms with Gasteiger partial charge in [0.1, 0.15) is 10.8 Å². The summed E-state index contributed by atoms with van der Waals surface area (Å²) in [5, 5.41) is 3.21. The summed E-state index contributed by atoms with van der Waals surface area (Å²) in [6.07, 6.45) is 1.39. The van der Waals surface area contributed by atoms with Crippen LogP contribution in [-0.4, -0.2) is 10.9 Å². The van der Waals surface area contributed by atoms with E-state index in [1.165, 1.54) is 24.4 Å². The number of rotatable bonds is 4. The first-order chi connectivity index (χ1) is 12.4. The standard InChI is InChI=1S/C18H10BrCl2FN2O2/c19-10-5-6-12(14(22)7-10)17(25)24-15-3-1-2-4-16(15)26-18-13(21)8-11(20)9-23-18/h1-9H,(H,24,25). The van der Waals surface area contributed by atoms with E-state index >= 15 is 0 Å². The van der Waals surface area contributed by atoms with Crippen molar-refractivity contribution in [3.8, 4) is 11.6 Å². The molecule has 1 N–H and O–H groups in total. The van der Waals surface area contributed by atoms with Crippen LogP contribution in [0.4, 0.5) is 10.1 Å². The molecule has 3 rings (SSSR count). The lowest BCUT2D eigenvalue weighted by atomic mass is 10.2. The van der Waals surface area contributed by atoms with E-state index in [1.807, 2.05) is 0 Å². The Morgan fingerprint density at radius 3 is 2.65 bits per heavy atom. The second kappa shape index (κ2) is 8.03. The minimum Gasteiger partial charge on any atom is -0.435 e. The van der Waals surface area contributed by atoms with Crippen molar-refractivity contribution < 1.29 is 13.9 Å². The molecule has 0 atom stereocenters. The number of nitrogens with one attached hydrogen (secondary N) is 1. The number of anilines is 1. The summed E-state index contributed by atoms with van der Waals surface area (Å²) in [6, 6.07) is 12.3. The highest BCUT2D eigenvalue weighted by Gasteiger charge is 2.15. The first-order valence-electron chi connectivity index (χ1n) is 7.28. The van der Waals surface area contributed by atoms with Crippen LogP contribution in [0.5, 0.6) is 11.6 Å². The Bertz CT molecular complexity index is 985. The largest absolute Gasteiger partial charge is 0.435 e. The van der Waals surface area contributed by atoms with Gasteiger partial charge >= 0.3 is 0 Å². The predicted octanol–water partition coefficient (Wildman–Crippen LogP) is 6.33. The lowest BCUT2D eigenvalue weighted by Crippen LogP contribution is -2.14. The van der Waals surface area contributed by atoms with Crippen molar-refractivity contribution in [2.75, 3.05) is 5.32 Å². The molecule has 0 aliphatic heterocycles. The lowest BCUT2D eigenvalue weighted by molar-refractivity contribution is 0.102. The molecular weight excluding hydrogens is 446 g/mol. The average Bonchev–Trinajstić information content (AvgIpc) is 2.58. The normalized spacial score (nSPS) is 10.5. The van der Waals surface area contributed by atoms with Gasteiger partial charge in [0.15, 0.2) is 5.75 Å². The molecule has 1 aromatic heterocycles. The highest BCUT2D eigenvalue weighted by atomic mass is 79.9. The molecule has 0 aliphatic rings. The number of carbonyl (C=O) groups is 1. The number of benzene rings is 2. The molecule has 0 saturated carbocycles. The van der Waals surface area contributed by atoms with E-state index < -0.39 is 11.7 Å². The van der Waals surface area contributed by atoms with Crippen LogP contribution in [0.2, 0.25) is 10.0 Å². The molecule has 0 saturated heterocycles. The van der Waals surface area contributed by atoms with Crippen LogP contribution in [0.3, 0.4) is 0 Å². The summed E-state index contributed by atoms with van der Waals surface area (Å²) in [5.41, 5.74) is 0.248. The Labute approximate surface area is 167 Å². The Kier molecular flexibility index (Phi) is 5.76. The van der Waals surface area contributed by atoms with Crippen LogP contribution < -0.4 is 10.1 Å². The average molecular weight is 456 g/mol. The van der Waals surface area contributed by atoms with Gasteiger partial charge in [0.05, 0.1) is 16.3 Å². The molecule has 132 valence electrons. The summed E-state index contributed by atoms with van der Waals surface area (Å²) in [5.74, 6) is -0.818. The Morgan fingerprint density at radius 1 is 1.15 bits per heavy atom. The Hall–Kier alpha value is -2.15. The van der Waals surface area contributed by atoms with Gasteiger partial charge in [-0.05, 0) is 36.4 Å². The fourth-order valence-corrected chi connectivity index (χ4v) is 2.86. The minimum absolute atomic E-state index is 0.0920. The van der Waals surface area contributed by atoms with Crippen LogP contribution in [0, 0.1) is 5.82 Å². The SMILES string of the molecule is O=C(Nc1ccccc1Oc1ncc(Cl)cc1Cl)c1ccc(Br)cc1F. The van der Waals surface area contributed by atoms with Crippen molar-refractivity contribution in [2.45, 2.75) is 0 Å². The Balaban J connectivity index is 1.86. The van der Waals surface area contributed by atoms with Crippen LogP contribution in [0.15, 0.2) is 59.2 Å². The minimum atomic E-state index is -0.641. The van der Waals surface area contributed by atoms with Gasteiger partial charge in [-0.3, -0.25) is 4.79 Å². The molecule has 0 spiro atoms. The van der Waals surface area contributed by atoms with Crippen LogP contribution in [-0.2, 0) is 0 Å². The molecule has 4 nitrogen and oxygen atoms in total. The summed E-state index contributed by atoms with van der Waals surface area (Å²) >= 11 is 15.0. The van der Waals surface area contributed by atoms with Gasteiger partial charge in [0.2, 0.25) is 5.88 Å². The van der Waals surface area contributed by atoms with Crippen molar-refractivity contribution in [3.63, 3.8) is 0 Å². The Morgan fingerprint density at radius 2 is 1.92 bits per heavy atom. The van der Waals surface area contributed by atoms with E-state index in [2.05, 4.69) is 26.2 Å². The molecule has 3 aromatic rings. The van der Waals surface area contributed by atoms with E-state index in [-0.39, 0.29) is 16.5 Å². The van der Waals surface area contributed by atoms with Crippen molar-refractivity contribution in [2.24, 2.45) is 0 Å². The fourth-order valence-electron chi connectivity index (χ4n) is 2.10. The van der Waals surface area contributed by atoms with E-state index in [9.17, 15) is 9.18 Å². The zero-order valence-corrected chi connectivity index (χ0v) is 16.1. The third kappa shape index (κ3) is 4.33. The molecule has 0 fully saturated rings. The maximum Gasteiger partial charge on any atom is 0.258 e. The molecule has 1 amide bonds. The van der Waals surface area contributed by atoms with Crippen molar-refractivity contribution in [1.29, 1.82) is 0 Å². The monoisotopic (exact) mass is 454 g/mol. The number of amides is 1. The van der Waals surface area contributed by atoms with Gasteiger partial charge in [-0.1, -0.05) is 51.3 Å². The first kappa shape index (κ1) is 18.6. The second-order valence-corrected chi connectivity index (χ2v) is 6.88. The van der Waals surface area contributed by atoms with Crippen LogP contribution in [0.1, 0.15) is 10.4 Å². The molecule has 2 aromatic carbocycles. The zero-order chi connectivity index (χ0) is 18.7. The van der Waals surface area contributed by atoms with Crippen LogP contribution in [0.25, 0.3) is 0 Å². The van der Waals surface area contributed by atoms with Crippen LogP contribution >= 0.6 is 39.1 Å². The summed E-state index contributed by atoms with van der Waals surface area (Å²) in [4.78, 5) is 16.4. The van der Waals surface area contributed by atoms with E-state index in [0.717, 1.165) is 0 Å². The number of halogens is 4. The van der Waals surface area contributed by atoms with Crippen molar-refractivity contribution in [1.82, 2.24) is 4.98 Å². The molecule has 0 unspecified atom stereocenters. The number of ether oxygens (including phenoxy) is 1. The highest BCUT2D eigenvalue weighted by Crippen LogP contribution is 2.33. The van der Waals surface area contributed by atoms with Crippen molar-refractivity contribution in [3.05, 3.63) is 80.6 Å². The van der Waals surface area contributed by atoms with Gasteiger partial charge in [-0.15, -0.1) is 0 Å². The van der Waals surface area contributed by atoms with Gasteiger partial charge in [-0.2, -0.15) is 0 Å². The third-order valence-corrected chi connectivity index (χ3v) is 4.26. The number of aromatic nitrogens is 1. The third-order valence-electron chi connectivity index (χ3n) is 3.29. The number of pyridine rings is 1. The van der Waals surface area contributed by atoms with E-state index in [1.54, 1.807) is 30.3 Å². The smallest absolute Gasteiger partial charge is 0.258 e. The van der Waals surface area contributed by atoms with E-state index in [0.29, 0.717) is 20.9 Å². The summed E-state index contributed by atoms with van der Waals surface area (Å²) in [6.45, 7) is 0. The molecular formula is C18H10BrCl2FN2O2. The number of hydrogen-bond donors (Lipinski definition) is 1. The number of carbonyl (C=O) groups excluding carboxylic acids is 1. The second-order valence-electron chi connectivity index (χ2n) is 5.12. The molecule has 8 heteroatoms. The highest BCUT2D eigenvalue weighted by molar-refractivity contribution is 9.10. The summed E-state index contributed by atoms with van der Waals surface area (Å²) < 4.78 is 20.2. The maximum absolute atomic E-state index is 14.0. The summed E-state index contributed by atoms with van der Waals surface area (Å²) in [7, 11) is 0. The van der Waals surface area contributed by atoms with Gasteiger partial charge < -0.3 is 10.1 Å². The maximum atomic E-state index is 14.0. The quantitative estimate of drug-likeness (QED) is 0.499. The zero-order valence-electron chi connectivity index (χ0n) is 13.0. The van der Waals surface area contributed by atoms with Gasteiger partial charge in [-0.25, -0.2) is 9.37 Å². The number of para-hydroxylation sites is 2. The molecule has 1 heterocycles. The van der Waals surface area contributed by atoms with Gasteiger partial charge in [0.25, 0.3) is 5.91 Å². The molecule has 26 heavy (non-hydrogen) atoms. The molecule has 0 bridgehead atoms. The lowest BCUT2D eigenvalue weighted by Gasteiger charge is -2.12. The fraction of sp³-hybridized carbons (Fsp3) is 0. The topological polar surface area (TPSA) is 51.2 Å². The number of hydrogen-bond acceptors (Lipinski definition) is 3. The number of nitrogens with zero attached hydrogens (tertiary/aromatic N) is 1.